The quantitative estimate of drug-likeness (QED) is 0.338. The molecule has 0 aliphatic carbocycles. The second-order valence-corrected chi connectivity index (χ2v) is 3.01. The van der Waals surface area contributed by atoms with Crippen molar-refractivity contribution in [3.63, 3.8) is 0 Å². The number of nitrogens with one attached hydrogen (secondary N) is 1. The second kappa shape index (κ2) is 5.75. The van der Waals surface area contributed by atoms with Gasteiger partial charge < -0.3 is 4.74 Å². The number of nitrogens with two attached hydrogens (primary N) is 1. The van der Waals surface area contributed by atoms with Crippen LogP contribution in [0.2, 0.25) is 0 Å². The van der Waals surface area contributed by atoms with Crippen LogP contribution in [0.3, 0.4) is 0 Å². The van der Waals surface area contributed by atoms with Crippen LogP contribution in [0.4, 0.5) is 10.1 Å². The molecule has 1 aromatic carbocycles. The molecule has 0 aliphatic heterocycles. The summed E-state index contributed by atoms with van der Waals surface area (Å²) in [6.45, 7) is -0.204. The van der Waals surface area contributed by atoms with Gasteiger partial charge in [-0.2, -0.15) is 0 Å². The van der Waals surface area contributed by atoms with Gasteiger partial charge in [-0.15, -0.1) is 0 Å². The normalized spacial score (nSPS) is 9.76. The molecule has 0 unspecified atom stereocenters. The Balaban J connectivity index is 2.76. The van der Waals surface area contributed by atoms with Gasteiger partial charge in [0.15, 0.2) is 5.82 Å². The molecule has 0 fully saturated rings. The fourth-order valence-electron chi connectivity index (χ4n) is 1.10. The van der Waals surface area contributed by atoms with Crippen molar-refractivity contribution in [2.45, 2.75) is 6.42 Å². The Hall–Kier alpha value is -2.22. The summed E-state index contributed by atoms with van der Waals surface area (Å²) in [5.74, 6) is 2.97. The Kier molecular flexibility index (Phi) is 4.35. The summed E-state index contributed by atoms with van der Waals surface area (Å²) in [7, 11) is 0. The number of benzene rings is 1. The zero-order valence-electron chi connectivity index (χ0n) is 8.68. The van der Waals surface area contributed by atoms with Crippen molar-refractivity contribution in [3.8, 4) is 5.75 Å². The lowest BCUT2D eigenvalue weighted by Gasteiger charge is -2.06. The lowest BCUT2D eigenvalue weighted by atomic mass is 10.3. The minimum Gasteiger partial charge on any atom is -0.484 e. The van der Waals surface area contributed by atoms with Crippen LogP contribution in [-0.4, -0.2) is 17.4 Å². The van der Waals surface area contributed by atoms with Crippen LogP contribution in [0.5, 0.6) is 5.75 Å². The Morgan fingerprint density at radius 2 is 2.29 bits per heavy atom. The summed E-state index contributed by atoms with van der Waals surface area (Å²) in [6, 6.07) is 3.35. The van der Waals surface area contributed by atoms with Gasteiger partial charge in [-0.1, -0.05) is 6.07 Å². The number of carbonyl (C=O) groups excluding carboxylic acids is 1. The summed E-state index contributed by atoms with van der Waals surface area (Å²) < 4.78 is 18.1. The minimum absolute atomic E-state index is 0.123. The molecule has 0 aromatic heterocycles. The van der Waals surface area contributed by atoms with Crippen LogP contribution in [0.1, 0.15) is 6.42 Å². The van der Waals surface area contributed by atoms with E-state index in [1.165, 1.54) is 6.07 Å². The molecule has 1 amide bonds. The standard InChI is InChI=1S/C9H10FN3O4/c10-6-2-1-3-7(13(15)16)9(6)17-5-4-8(14)12-11/h1-3H,4-5,11H2,(H,12,14). The Morgan fingerprint density at radius 1 is 1.59 bits per heavy atom. The van der Waals surface area contributed by atoms with E-state index >= 15 is 0 Å². The highest BCUT2D eigenvalue weighted by Crippen LogP contribution is 2.29. The number of hydrazine groups is 1. The fourth-order valence-corrected chi connectivity index (χ4v) is 1.10. The Morgan fingerprint density at radius 3 is 2.88 bits per heavy atom. The SMILES string of the molecule is NNC(=O)CCOc1c(F)cccc1[N+](=O)[O-]. The van der Waals surface area contributed by atoms with E-state index in [0.717, 1.165) is 12.1 Å². The summed E-state index contributed by atoms with van der Waals surface area (Å²) in [4.78, 5) is 20.6. The molecule has 0 heterocycles. The molecule has 3 N–H and O–H groups in total. The first-order chi connectivity index (χ1) is 8.06. The lowest BCUT2D eigenvalue weighted by Crippen LogP contribution is -2.31. The van der Waals surface area contributed by atoms with Crippen LogP contribution in [0.15, 0.2) is 18.2 Å². The molecule has 0 aliphatic rings. The van der Waals surface area contributed by atoms with Gasteiger partial charge in [0.1, 0.15) is 0 Å². The van der Waals surface area contributed by atoms with Gasteiger partial charge in [-0.05, 0) is 6.07 Å². The molecule has 17 heavy (non-hydrogen) atoms. The molecule has 0 spiro atoms. The number of hydrogen-bond acceptors (Lipinski definition) is 5. The zero-order valence-corrected chi connectivity index (χ0v) is 8.68. The molecule has 7 nitrogen and oxygen atoms in total. The third-order valence-corrected chi connectivity index (χ3v) is 1.88. The highest BCUT2D eigenvalue weighted by Gasteiger charge is 2.19. The van der Waals surface area contributed by atoms with E-state index < -0.39 is 28.1 Å². The number of carbonyl (C=O) groups is 1. The third kappa shape index (κ3) is 3.38. The van der Waals surface area contributed by atoms with Gasteiger partial charge in [0.05, 0.1) is 18.0 Å². The van der Waals surface area contributed by atoms with Crippen molar-refractivity contribution in [2.75, 3.05) is 6.61 Å². The van der Waals surface area contributed by atoms with Gasteiger partial charge in [-0.25, -0.2) is 10.2 Å². The predicted octanol–water partition coefficient (Wildman–Crippen LogP) is 0.493. The smallest absolute Gasteiger partial charge is 0.314 e. The van der Waals surface area contributed by atoms with E-state index in [-0.39, 0.29) is 13.0 Å². The predicted molar refractivity (Wildman–Crippen MR) is 55.5 cm³/mol. The van der Waals surface area contributed by atoms with E-state index in [9.17, 15) is 19.3 Å². The van der Waals surface area contributed by atoms with Crippen molar-refractivity contribution < 1.29 is 18.8 Å². The number of amides is 1. The van der Waals surface area contributed by atoms with Gasteiger partial charge in [0, 0.05) is 6.07 Å². The van der Waals surface area contributed by atoms with E-state index in [2.05, 4.69) is 0 Å². The molecule has 0 atom stereocenters. The highest BCUT2D eigenvalue weighted by atomic mass is 19.1. The van der Waals surface area contributed by atoms with Gasteiger partial charge in [0.2, 0.25) is 11.7 Å². The molecule has 1 rings (SSSR count). The third-order valence-electron chi connectivity index (χ3n) is 1.88. The highest BCUT2D eigenvalue weighted by molar-refractivity contribution is 5.75. The lowest BCUT2D eigenvalue weighted by molar-refractivity contribution is -0.386. The molecule has 0 saturated heterocycles. The van der Waals surface area contributed by atoms with Crippen molar-refractivity contribution in [3.05, 3.63) is 34.1 Å². The van der Waals surface area contributed by atoms with E-state index in [1.807, 2.05) is 5.43 Å². The van der Waals surface area contributed by atoms with Crippen LogP contribution in [-0.2, 0) is 4.79 Å². The average Bonchev–Trinajstić information content (AvgIpc) is 2.30. The number of hydrogen-bond donors (Lipinski definition) is 2. The van der Waals surface area contributed by atoms with Gasteiger partial charge >= 0.3 is 5.69 Å². The number of nitrogens with zero attached hydrogens (tertiary/aromatic N) is 1. The van der Waals surface area contributed by atoms with Crippen LogP contribution in [0.25, 0.3) is 0 Å². The van der Waals surface area contributed by atoms with Crippen molar-refractivity contribution in [2.24, 2.45) is 5.84 Å². The van der Waals surface area contributed by atoms with Crippen molar-refractivity contribution >= 4 is 11.6 Å². The number of nitro groups is 1. The summed E-state index contributed by atoms with van der Waals surface area (Å²) >= 11 is 0. The van der Waals surface area contributed by atoms with E-state index in [4.69, 9.17) is 10.6 Å². The minimum atomic E-state index is -0.854. The first-order valence-electron chi connectivity index (χ1n) is 4.61. The average molecular weight is 243 g/mol. The number of ether oxygens (including phenoxy) is 1. The van der Waals surface area contributed by atoms with Crippen LogP contribution < -0.4 is 16.0 Å². The van der Waals surface area contributed by atoms with Crippen LogP contribution >= 0.6 is 0 Å². The topological polar surface area (TPSA) is 107 Å². The molecular formula is C9H10FN3O4. The van der Waals surface area contributed by atoms with E-state index in [1.54, 1.807) is 0 Å². The first-order valence-corrected chi connectivity index (χ1v) is 4.61. The van der Waals surface area contributed by atoms with Gasteiger partial charge in [0.25, 0.3) is 0 Å². The largest absolute Gasteiger partial charge is 0.484 e. The number of halogens is 1. The molecule has 8 heteroatoms. The molecule has 0 bridgehead atoms. The van der Waals surface area contributed by atoms with Crippen molar-refractivity contribution in [1.29, 1.82) is 0 Å². The summed E-state index contributed by atoms with van der Waals surface area (Å²) in [6.07, 6.45) is -0.123. The monoisotopic (exact) mass is 243 g/mol. The first kappa shape index (κ1) is 12.8. The maximum Gasteiger partial charge on any atom is 0.314 e. The maximum atomic E-state index is 13.3. The Bertz CT molecular complexity index is 438. The summed E-state index contributed by atoms with van der Waals surface area (Å²) in [5.41, 5.74) is 1.37. The van der Waals surface area contributed by atoms with E-state index in [0.29, 0.717) is 0 Å². The number of para-hydroxylation sites is 1. The van der Waals surface area contributed by atoms with Crippen LogP contribution in [0, 0.1) is 15.9 Å². The molecule has 1 aromatic rings. The van der Waals surface area contributed by atoms with Gasteiger partial charge in [-0.3, -0.25) is 20.3 Å². The zero-order chi connectivity index (χ0) is 12.8. The molecule has 92 valence electrons. The fraction of sp³-hybridized carbons (Fsp3) is 0.222. The number of rotatable bonds is 5. The molecular weight excluding hydrogens is 233 g/mol. The molecule has 0 radical (unpaired) electrons. The van der Waals surface area contributed by atoms with Crippen molar-refractivity contribution in [1.82, 2.24) is 5.43 Å². The second-order valence-electron chi connectivity index (χ2n) is 3.01. The maximum absolute atomic E-state index is 13.3. The number of nitro benzene ring substituents is 1. The molecule has 0 saturated carbocycles. The Labute approximate surface area is 95.5 Å². The summed E-state index contributed by atoms with van der Waals surface area (Å²) in [5, 5.41) is 10.6.